The molecule has 106 valence electrons. The maximum Gasteiger partial charge on any atom is 0.157 e. The van der Waals surface area contributed by atoms with E-state index in [0.717, 1.165) is 0 Å². The Labute approximate surface area is 119 Å². The topological polar surface area (TPSA) is 120 Å². The van der Waals surface area contributed by atoms with Gasteiger partial charge in [0.2, 0.25) is 0 Å². The summed E-state index contributed by atoms with van der Waals surface area (Å²) in [6, 6.07) is 5.78. The minimum absolute atomic E-state index is 0.00713. The average Bonchev–Trinajstić information content (AvgIpc) is 2.40. The molecule has 0 aromatic heterocycles. The molecule has 0 spiro atoms. The van der Waals surface area contributed by atoms with Crippen molar-refractivity contribution in [1.82, 2.24) is 10.9 Å². The van der Waals surface area contributed by atoms with Crippen LogP contribution in [-0.4, -0.2) is 17.1 Å². The van der Waals surface area contributed by atoms with Gasteiger partial charge in [0.25, 0.3) is 0 Å². The highest BCUT2D eigenvalue weighted by Crippen LogP contribution is 2.01. The van der Waals surface area contributed by atoms with Crippen molar-refractivity contribution in [2.75, 3.05) is 0 Å². The smallest absolute Gasteiger partial charge is 0.157 e. The summed E-state index contributed by atoms with van der Waals surface area (Å²) in [5.74, 6) is -0.871. The van der Waals surface area contributed by atoms with E-state index >= 15 is 0 Å². The van der Waals surface area contributed by atoms with Crippen molar-refractivity contribution in [2.45, 2.75) is 40.2 Å². The second-order valence-electron chi connectivity index (χ2n) is 5.28. The van der Waals surface area contributed by atoms with Crippen LogP contribution >= 0.6 is 0 Å². The predicted molar refractivity (Wildman–Crippen MR) is 76.1 cm³/mol. The molecule has 0 aliphatic rings. The summed E-state index contributed by atoms with van der Waals surface area (Å²) in [6.45, 7) is 9.04. The zero-order chi connectivity index (χ0) is 15.8. The summed E-state index contributed by atoms with van der Waals surface area (Å²) >= 11 is 0. The molecule has 20 heavy (non-hydrogen) atoms. The molecule has 0 aliphatic heterocycles. The number of hydrogen-bond donors (Lipinski definition) is 2. The molecular formula is C13H19N7. The first kappa shape index (κ1) is 17.6. The zero-order valence-electron chi connectivity index (χ0n) is 12.4. The molecule has 0 heterocycles. The van der Waals surface area contributed by atoms with Gasteiger partial charge in [-0.1, -0.05) is 0 Å². The fraction of sp³-hybridized carbons (Fsp3) is 0.615. The van der Waals surface area contributed by atoms with Gasteiger partial charge in [0.05, 0.1) is 18.1 Å². The third-order valence-electron chi connectivity index (χ3n) is 2.15. The lowest BCUT2D eigenvalue weighted by molar-refractivity contribution is 0.400. The number of amidine groups is 1. The molecular weight excluding hydrogens is 254 g/mol. The van der Waals surface area contributed by atoms with E-state index in [9.17, 15) is 0 Å². The maximum absolute atomic E-state index is 8.95. The SMILES string of the molecule is CC(C#N)C(C#N)=NN=C(NNC(C)(C)C)C(C)C#N. The Morgan fingerprint density at radius 3 is 1.95 bits per heavy atom. The highest BCUT2D eigenvalue weighted by Gasteiger charge is 2.15. The molecule has 0 aromatic rings. The van der Waals surface area contributed by atoms with Crippen LogP contribution in [0.3, 0.4) is 0 Å². The van der Waals surface area contributed by atoms with Gasteiger partial charge in [-0.2, -0.15) is 15.8 Å². The van der Waals surface area contributed by atoms with Crippen molar-refractivity contribution in [3.05, 3.63) is 0 Å². The largest absolute Gasteiger partial charge is 0.306 e. The maximum atomic E-state index is 8.95. The first-order chi connectivity index (χ1) is 9.25. The van der Waals surface area contributed by atoms with Crippen LogP contribution in [0.5, 0.6) is 0 Å². The summed E-state index contributed by atoms with van der Waals surface area (Å²) in [5.41, 5.74) is 5.58. The van der Waals surface area contributed by atoms with Crippen LogP contribution in [0.2, 0.25) is 0 Å². The van der Waals surface area contributed by atoms with E-state index in [4.69, 9.17) is 15.8 Å². The fourth-order valence-electron chi connectivity index (χ4n) is 0.907. The van der Waals surface area contributed by atoms with Crippen LogP contribution in [0.25, 0.3) is 0 Å². The molecule has 2 unspecified atom stereocenters. The van der Waals surface area contributed by atoms with E-state index in [-0.39, 0.29) is 11.3 Å². The van der Waals surface area contributed by atoms with Crippen LogP contribution in [0.4, 0.5) is 0 Å². The Morgan fingerprint density at radius 2 is 1.55 bits per heavy atom. The number of nitriles is 3. The van der Waals surface area contributed by atoms with E-state index in [2.05, 4.69) is 21.1 Å². The molecule has 2 atom stereocenters. The molecule has 7 heteroatoms. The molecule has 0 aliphatic carbocycles. The van der Waals surface area contributed by atoms with Crippen LogP contribution in [0.15, 0.2) is 10.2 Å². The van der Waals surface area contributed by atoms with Gasteiger partial charge in [0.1, 0.15) is 12.0 Å². The Kier molecular flexibility index (Phi) is 6.93. The van der Waals surface area contributed by atoms with Gasteiger partial charge < -0.3 is 5.43 Å². The van der Waals surface area contributed by atoms with E-state index in [0.29, 0.717) is 5.84 Å². The van der Waals surface area contributed by atoms with Gasteiger partial charge in [-0.15, -0.1) is 10.2 Å². The molecule has 0 radical (unpaired) electrons. The Morgan fingerprint density at radius 1 is 1.00 bits per heavy atom. The molecule has 0 saturated carbocycles. The van der Waals surface area contributed by atoms with Crippen molar-refractivity contribution >= 4 is 11.5 Å². The standard InChI is InChI=1S/C13H19N7/c1-9(6-14)11(8-16)17-18-12(10(2)7-15)19-20-13(3,4)5/h9-10,20H,1-5H3,(H,18,19). The van der Waals surface area contributed by atoms with Gasteiger partial charge >= 0.3 is 0 Å². The minimum Gasteiger partial charge on any atom is -0.306 e. The third-order valence-corrected chi connectivity index (χ3v) is 2.15. The van der Waals surface area contributed by atoms with Crippen molar-refractivity contribution in [2.24, 2.45) is 22.0 Å². The number of nitrogens with one attached hydrogen (secondary N) is 2. The van der Waals surface area contributed by atoms with Gasteiger partial charge in [0.15, 0.2) is 11.5 Å². The van der Waals surface area contributed by atoms with Gasteiger partial charge in [-0.05, 0) is 34.6 Å². The van der Waals surface area contributed by atoms with Gasteiger partial charge in [-0.25, -0.2) is 5.43 Å². The number of rotatable bonds is 4. The lowest BCUT2D eigenvalue weighted by Gasteiger charge is -2.22. The fourth-order valence-corrected chi connectivity index (χ4v) is 0.907. The van der Waals surface area contributed by atoms with Crippen molar-refractivity contribution in [3.8, 4) is 18.2 Å². The average molecular weight is 273 g/mol. The van der Waals surface area contributed by atoms with E-state index in [1.165, 1.54) is 0 Å². The lowest BCUT2D eigenvalue weighted by Crippen LogP contribution is -2.50. The molecule has 0 bridgehead atoms. The summed E-state index contributed by atoms with van der Waals surface area (Å²) in [5, 5.41) is 34.2. The van der Waals surface area contributed by atoms with Crippen LogP contribution in [0.1, 0.15) is 34.6 Å². The van der Waals surface area contributed by atoms with Gasteiger partial charge in [-0.3, -0.25) is 0 Å². The van der Waals surface area contributed by atoms with Crippen molar-refractivity contribution in [3.63, 3.8) is 0 Å². The molecule has 0 amide bonds. The van der Waals surface area contributed by atoms with Crippen LogP contribution in [-0.2, 0) is 0 Å². The van der Waals surface area contributed by atoms with Crippen LogP contribution in [0, 0.1) is 45.8 Å². The summed E-state index contributed by atoms with van der Waals surface area (Å²) < 4.78 is 0. The van der Waals surface area contributed by atoms with E-state index in [1.54, 1.807) is 13.8 Å². The quantitative estimate of drug-likeness (QED) is 0.456. The molecule has 2 N–H and O–H groups in total. The summed E-state index contributed by atoms with van der Waals surface area (Å²) in [7, 11) is 0. The van der Waals surface area contributed by atoms with Gasteiger partial charge in [0, 0.05) is 5.54 Å². The second kappa shape index (κ2) is 7.89. The first-order valence-electron chi connectivity index (χ1n) is 6.13. The lowest BCUT2D eigenvalue weighted by atomic mass is 10.1. The highest BCUT2D eigenvalue weighted by molar-refractivity contribution is 6.01. The molecule has 0 rings (SSSR count). The summed E-state index contributed by atoms with van der Waals surface area (Å²) in [6.07, 6.45) is 0. The molecule has 0 aromatic carbocycles. The summed E-state index contributed by atoms with van der Waals surface area (Å²) in [4.78, 5) is 0. The Balaban J connectivity index is 5.20. The molecule has 0 saturated heterocycles. The Hall–Kier alpha value is -2.43. The molecule has 0 fully saturated rings. The first-order valence-corrected chi connectivity index (χ1v) is 6.13. The van der Waals surface area contributed by atoms with Crippen molar-refractivity contribution < 1.29 is 0 Å². The van der Waals surface area contributed by atoms with Crippen LogP contribution < -0.4 is 10.9 Å². The van der Waals surface area contributed by atoms with E-state index < -0.39 is 11.8 Å². The highest BCUT2D eigenvalue weighted by atomic mass is 15.4. The predicted octanol–water partition coefficient (Wildman–Crippen LogP) is 1.48. The minimum atomic E-state index is -0.641. The zero-order valence-corrected chi connectivity index (χ0v) is 12.4. The number of nitrogens with zero attached hydrogens (tertiary/aromatic N) is 5. The number of hydrazine groups is 1. The Bertz CT molecular complexity index is 505. The van der Waals surface area contributed by atoms with Crippen molar-refractivity contribution in [1.29, 1.82) is 15.8 Å². The second-order valence-corrected chi connectivity index (χ2v) is 5.28. The van der Waals surface area contributed by atoms with E-state index in [1.807, 2.05) is 39.0 Å². The normalized spacial score (nSPS) is 15.5. The number of hydrogen-bond acceptors (Lipinski definition) is 6. The molecule has 7 nitrogen and oxygen atoms in total. The monoisotopic (exact) mass is 273 g/mol. The third kappa shape index (κ3) is 6.49.